The van der Waals surface area contributed by atoms with Crippen LogP contribution in [0.4, 0.5) is 0 Å². The molecule has 0 aliphatic carbocycles. The average molecular weight is 284 g/mol. The topological polar surface area (TPSA) is 58.5 Å². The van der Waals surface area contributed by atoms with Gasteiger partial charge in [0, 0.05) is 6.54 Å². The van der Waals surface area contributed by atoms with E-state index in [0.717, 1.165) is 18.5 Å². The van der Waals surface area contributed by atoms with E-state index in [1.165, 1.54) is 0 Å². The molecule has 1 aromatic carbocycles. The van der Waals surface area contributed by atoms with E-state index >= 15 is 0 Å². The zero-order chi connectivity index (χ0) is 13.4. The van der Waals surface area contributed by atoms with Gasteiger partial charge in [0.2, 0.25) is 0 Å². The van der Waals surface area contributed by atoms with Gasteiger partial charge in [0.25, 0.3) is 10.0 Å². The molecular weight excluding hydrogens is 268 g/mol. The van der Waals surface area contributed by atoms with E-state index in [2.05, 4.69) is 15.0 Å². The number of nitrogens with zero attached hydrogens (tertiary/aromatic N) is 1. The number of sulfonamides is 1. The van der Waals surface area contributed by atoms with Crippen LogP contribution >= 0.6 is 0 Å². The average Bonchev–Trinajstić information content (AvgIpc) is 2.35. The molecule has 0 aromatic heterocycles. The molecule has 1 N–H and O–H groups in total. The Kier molecular flexibility index (Phi) is 6.05. The highest BCUT2D eigenvalue weighted by atomic mass is 32.2. The Labute approximate surface area is 112 Å². The minimum Gasteiger partial charge on any atom is -0.306 e. The van der Waals surface area contributed by atoms with Crippen LogP contribution in [0.2, 0.25) is 0 Å². The van der Waals surface area contributed by atoms with E-state index in [-0.39, 0.29) is 4.90 Å². The third-order valence-corrected chi connectivity index (χ3v) is 4.61. The monoisotopic (exact) mass is 284 g/mol. The molecule has 0 spiro atoms. The number of nitrogens with one attached hydrogen (secondary N) is 1. The molecule has 0 amide bonds. The standard InChI is InChI=1S/C12H16N2O2S2/c1-3-9-13-10-8-11-4-6-12(7-5-11)18(15,16)14-17-2/h1,4-7,13,17H,8-10H2,2H3. The second kappa shape index (κ2) is 7.31. The van der Waals surface area contributed by atoms with Crippen LogP contribution in [0.1, 0.15) is 5.56 Å². The molecule has 1 rings (SSSR count). The van der Waals surface area contributed by atoms with Gasteiger partial charge < -0.3 is 5.32 Å². The molecule has 6 heteroatoms. The molecular formula is C12H16N2O2S2. The first-order chi connectivity index (χ1) is 8.60. The van der Waals surface area contributed by atoms with Crippen molar-refractivity contribution in [1.82, 2.24) is 5.32 Å². The fourth-order valence-corrected chi connectivity index (χ4v) is 3.09. The number of hydrogen-bond acceptors (Lipinski definition) is 3. The summed E-state index contributed by atoms with van der Waals surface area (Å²) in [6.07, 6.45) is 7.59. The van der Waals surface area contributed by atoms with E-state index in [9.17, 15) is 8.42 Å². The molecule has 0 atom stereocenters. The van der Waals surface area contributed by atoms with Crippen LogP contribution in [-0.4, -0.2) is 27.8 Å². The van der Waals surface area contributed by atoms with Crippen molar-refractivity contribution in [3.8, 4) is 12.3 Å². The number of thiol groups is 1. The summed E-state index contributed by atoms with van der Waals surface area (Å²) in [5.41, 5.74) is 1.06. The molecule has 0 aliphatic rings. The highest BCUT2D eigenvalue weighted by Crippen LogP contribution is 2.13. The molecule has 4 nitrogen and oxygen atoms in total. The van der Waals surface area contributed by atoms with Gasteiger partial charge in [-0.05, 0) is 30.4 Å². The Bertz CT molecular complexity index is 542. The van der Waals surface area contributed by atoms with Gasteiger partial charge in [0.1, 0.15) is 0 Å². The SMILES string of the molecule is C#CCNCCc1ccc(S(=O)(=O)N=[SH]C)cc1. The maximum Gasteiger partial charge on any atom is 0.287 e. The van der Waals surface area contributed by atoms with Gasteiger partial charge in [0.15, 0.2) is 0 Å². The zero-order valence-corrected chi connectivity index (χ0v) is 11.8. The van der Waals surface area contributed by atoms with Crippen molar-refractivity contribution in [3.63, 3.8) is 0 Å². The van der Waals surface area contributed by atoms with Crippen LogP contribution in [-0.2, 0) is 28.0 Å². The Morgan fingerprint density at radius 3 is 2.61 bits per heavy atom. The highest BCUT2D eigenvalue weighted by molar-refractivity contribution is 7.94. The lowest BCUT2D eigenvalue weighted by Gasteiger charge is -2.03. The maximum atomic E-state index is 11.6. The third-order valence-electron chi connectivity index (χ3n) is 2.23. The van der Waals surface area contributed by atoms with Crippen LogP contribution in [0, 0.1) is 12.3 Å². The van der Waals surface area contributed by atoms with Crippen molar-refractivity contribution in [2.24, 2.45) is 3.77 Å². The first kappa shape index (κ1) is 14.9. The zero-order valence-electron chi connectivity index (χ0n) is 10.1. The largest absolute Gasteiger partial charge is 0.306 e. The second-order valence-corrected chi connectivity index (χ2v) is 6.01. The highest BCUT2D eigenvalue weighted by Gasteiger charge is 2.10. The third kappa shape index (κ3) is 4.61. The van der Waals surface area contributed by atoms with Crippen LogP contribution in [0.15, 0.2) is 32.9 Å². The van der Waals surface area contributed by atoms with Crippen molar-refractivity contribution < 1.29 is 8.42 Å². The maximum absolute atomic E-state index is 11.6. The summed E-state index contributed by atoms with van der Waals surface area (Å²) < 4.78 is 26.8. The minimum atomic E-state index is -3.49. The number of benzene rings is 1. The summed E-state index contributed by atoms with van der Waals surface area (Å²) in [4.78, 5) is 0.234. The molecule has 1 aromatic rings. The van der Waals surface area contributed by atoms with Crippen molar-refractivity contribution in [1.29, 1.82) is 0 Å². The van der Waals surface area contributed by atoms with Crippen molar-refractivity contribution in [2.75, 3.05) is 19.3 Å². The summed E-state index contributed by atoms with van der Waals surface area (Å²) >= 11 is 0.488. The lowest BCUT2D eigenvalue weighted by atomic mass is 10.1. The predicted octanol–water partition coefficient (Wildman–Crippen LogP) is 0.769. The first-order valence-electron chi connectivity index (χ1n) is 5.39. The number of hydrogen-bond donors (Lipinski definition) is 2. The molecule has 0 heterocycles. The fraction of sp³-hybridized carbons (Fsp3) is 0.333. The van der Waals surface area contributed by atoms with Gasteiger partial charge in [0.05, 0.1) is 11.4 Å². The lowest BCUT2D eigenvalue weighted by molar-refractivity contribution is 0.598. The van der Waals surface area contributed by atoms with Gasteiger partial charge in [-0.25, -0.2) is 0 Å². The summed E-state index contributed by atoms with van der Waals surface area (Å²) in [5, 5.41) is 3.07. The van der Waals surface area contributed by atoms with Crippen LogP contribution in [0.25, 0.3) is 0 Å². The Hall–Kier alpha value is -1.16. The summed E-state index contributed by atoms with van der Waals surface area (Å²) in [6.45, 7) is 1.31. The lowest BCUT2D eigenvalue weighted by Crippen LogP contribution is -2.17. The smallest absolute Gasteiger partial charge is 0.287 e. The molecule has 18 heavy (non-hydrogen) atoms. The van der Waals surface area contributed by atoms with E-state index in [0.29, 0.717) is 18.1 Å². The van der Waals surface area contributed by atoms with E-state index in [4.69, 9.17) is 6.42 Å². The molecule has 0 saturated heterocycles. The van der Waals surface area contributed by atoms with Crippen molar-refractivity contribution in [2.45, 2.75) is 11.3 Å². The van der Waals surface area contributed by atoms with Crippen molar-refractivity contribution in [3.05, 3.63) is 29.8 Å². The van der Waals surface area contributed by atoms with Crippen molar-refractivity contribution >= 4 is 21.6 Å². The summed E-state index contributed by atoms with van der Waals surface area (Å²) in [6, 6.07) is 6.76. The molecule has 0 saturated carbocycles. The van der Waals surface area contributed by atoms with E-state index in [1.54, 1.807) is 30.5 Å². The molecule has 0 fully saturated rings. The Balaban J connectivity index is 2.66. The first-order valence-corrected chi connectivity index (χ1v) is 8.13. The van der Waals surface area contributed by atoms with Gasteiger partial charge >= 0.3 is 0 Å². The van der Waals surface area contributed by atoms with E-state index < -0.39 is 10.0 Å². The quantitative estimate of drug-likeness (QED) is 0.461. The molecule has 98 valence electrons. The minimum absolute atomic E-state index is 0.234. The molecule has 0 aliphatic heterocycles. The normalized spacial score (nSPS) is 12.0. The predicted molar refractivity (Wildman–Crippen MR) is 76.1 cm³/mol. The number of terminal acetylenes is 1. The van der Waals surface area contributed by atoms with Crippen LogP contribution in [0.3, 0.4) is 0 Å². The molecule has 0 radical (unpaired) electrons. The Morgan fingerprint density at radius 1 is 1.39 bits per heavy atom. The number of rotatable bonds is 6. The second-order valence-electron chi connectivity index (χ2n) is 3.53. The summed E-state index contributed by atoms with van der Waals surface area (Å²) in [7, 11) is -3.49. The van der Waals surface area contributed by atoms with Crippen LogP contribution < -0.4 is 5.32 Å². The Morgan fingerprint density at radius 2 is 2.06 bits per heavy atom. The van der Waals surface area contributed by atoms with Crippen LogP contribution in [0.5, 0.6) is 0 Å². The molecule has 0 bridgehead atoms. The van der Waals surface area contributed by atoms with Gasteiger partial charge in [-0.3, -0.25) is 0 Å². The summed E-state index contributed by atoms with van der Waals surface area (Å²) in [5.74, 6) is 2.49. The van der Waals surface area contributed by atoms with Gasteiger partial charge in [-0.2, -0.15) is 8.42 Å². The van der Waals surface area contributed by atoms with E-state index in [1.807, 2.05) is 0 Å². The molecule has 0 unspecified atom stereocenters. The van der Waals surface area contributed by atoms with Gasteiger partial charge in [-0.15, -0.1) is 10.2 Å². The van der Waals surface area contributed by atoms with Gasteiger partial charge in [-0.1, -0.05) is 29.6 Å². The fourth-order valence-electron chi connectivity index (χ4n) is 1.38.